The number of Topliss-reactive ketones (excluding diaryl/α,β-unsaturated/α-hetero) is 1. The van der Waals surface area contributed by atoms with Crippen LogP contribution in [0.4, 0.5) is 0 Å². The summed E-state index contributed by atoms with van der Waals surface area (Å²) in [7, 11) is 0. The average molecular weight is 743 g/mol. The minimum Gasteiger partial charge on any atom is -0.507 e. The maximum atomic E-state index is 13.2. The first-order valence-corrected chi connectivity index (χ1v) is 16.5. The van der Waals surface area contributed by atoms with Crippen molar-refractivity contribution in [3.05, 3.63) is 47.5 Å². The number of hydrogen-bond acceptors (Lipinski definition) is 19. The molecule has 2 aromatic rings. The summed E-state index contributed by atoms with van der Waals surface area (Å²) < 4.78 is 39.8. The highest BCUT2D eigenvalue weighted by Crippen LogP contribution is 2.43. The Hall–Kier alpha value is -3.25. The van der Waals surface area contributed by atoms with Crippen molar-refractivity contribution in [1.82, 2.24) is 0 Å². The maximum Gasteiger partial charge on any atom is 0.229 e. The second kappa shape index (κ2) is 15.6. The molecule has 0 aliphatic carbocycles. The van der Waals surface area contributed by atoms with Crippen LogP contribution in [-0.4, -0.2) is 167 Å². The number of carbonyl (C=O) groups is 1. The van der Waals surface area contributed by atoms with Crippen molar-refractivity contribution >= 4 is 5.78 Å². The molecule has 16 unspecified atom stereocenters. The van der Waals surface area contributed by atoms with Crippen LogP contribution < -0.4 is 14.2 Å². The third kappa shape index (κ3) is 7.43. The number of ether oxygens (including phenoxy) is 7. The first kappa shape index (κ1) is 38.5. The molecule has 0 aromatic heterocycles. The van der Waals surface area contributed by atoms with Gasteiger partial charge < -0.3 is 89.3 Å². The fourth-order valence-corrected chi connectivity index (χ4v) is 6.44. The molecule has 19 heteroatoms. The van der Waals surface area contributed by atoms with Crippen LogP contribution in [0.3, 0.4) is 0 Å². The molecule has 0 spiro atoms. The SMILES string of the molecule is CC1OC(OC2C(Oc3cc(O)c4c(c3)OC(c3ccc(OC5OC(CO)C(O)C(O)C5O)cc3)CC4=O)OC(CO)C(O)C2O)C(O)C(O)C1O. The van der Waals surface area contributed by atoms with Gasteiger partial charge in [-0.05, 0) is 24.6 Å². The summed E-state index contributed by atoms with van der Waals surface area (Å²) in [5.74, 6) is -1.09. The molecule has 4 aliphatic rings. The molecule has 3 fully saturated rings. The van der Waals surface area contributed by atoms with Crippen molar-refractivity contribution in [2.24, 2.45) is 0 Å². The van der Waals surface area contributed by atoms with E-state index in [1.807, 2.05) is 0 Å². The van der Waals surface area contributed by atoms with Gasteiger partial charge in [-0.25, -0.2) is 0 Å². The smallest absolute Gasteiger partial charge is 0.229 e. The topological polar surface area (TPSA) is 304 Å². The molecule has 6 rings (SSSR count). The van der Waals surface area contributed by atoms with Crippen LogP contribution in [-0.2, 0) is 18.9 Å². The van der Waals surface area contributed by atoms with Gasteiger partial charge in [0.1, 0.15) is 95.7 Å². The van der Waals surface area contributed by atoms with E-state index in [1.165, 1.54) is 25.1 Å². The number of aliphatic hydroxyl groups is 10. The van der Waals surface area contributed by atoms with E-state index in [2.05, 4.69) is 0 Å². The highest BCUT2D eigenvalue weighted by atomic mass is 16.8. The number of phenols is 1. The number of rotatable bonds is 9. The molecular formula is C33H42O19. The lowest BCUT2D eigenvalue weighted by molar-refractivity contribution is -0.354. The van der Waals surface area contributed by atoms with E-state index in [9.17, 15) is 61.0 Å². The van der Waals surface area contributed by atoms with E-state index in [1.54, 1.807) is 12.1 Å². The van der Waals surface area contributed by atoms with Gasteiger partial charge in [-0.15, -0.1) is 0 Å². The molecule has 0 saturated carbocycles. The molecule has 2 aromatic carbocycles. The van der Waals surface area contributed by atoms with E-state index in [4.69, 9.17) is 33.2 Å². The van der Waals surface area contributed by atoms with Gasteiger partial charge in [-0.3, -0.25) is 4.79 Å². The van der Waals surface area contributed by atoms with Crippen molar-refractivity contribution in [1.29, 1.82) is 0 Å². The number of phenolic OH excluding ortho intramolecular Hbond substituents is 1. The monoisotopic (exact) mass is 742 g/mol. The molecule has 0 radical (unpaired) electrons. The first-order chi connectivity index (χ1) is 24.7. The molecule has 52 heavy (non-hydrogen) atoms. The molecule has 4 aliphatic heterocycles. The zero-order valence-corrected chi connectivity index (χ0v) is 27.5. The van der Waals surface area contributed by atoms with Crippen LogP contribution in [0, 0.1) is 0 Å². The van der Waals surface area contributed by atoms with E-state index in [0.29, 0.717) is 5.56 Å². The van der Waals surface area contributed by atoms with Gasteiger partial charge >= 0.3 is 0 Å². The highest BCUT2D eigenvalue weighted by molar-refractivity contribution is 6.02. The lowest BCUT2D eigenvalue weighted by Crippen LogP contribution is -2.64. The van der Waals surface area contributed by atoms with Crippen LogP contribution in [0.1, 0.15) is 35.4 Å². The number of fused-ring (bicyclic) bond motifs is 1. The molecule has 0 bridgehead atoms. The molecule has 16 atom stereocenters. The molecule has 11 N–H and O–H groups in total. The Balaban J connectivity index is 1.19. The minimum absolute atomic E-state index is 0.0950. The van der Waals surface area contributed by atoms with Crippen LogP contribution >= 0.6 is 0 Å². The predicted octanol–water partition coefficient (Wildman–Crippen LogP) is -3.69. The van der Waals surface area contributed by atoms with E-state index < -0.39 is 123 Å². The third-order valence-electron chi connectivity index (χ3n) is 9.50. The predicted molar refractivity (Wildman–Crippen MR) is 167 cm³/mol. The summed E-state index contributed by atoms with van der Waals surface area (Å²) in [5.41, 5.74) is 0.345. The zero-order valence-electron chi connectivity index (χ0n) is 27.5. The van der Waals surface area contributed by atoms with Crippen LogP contribution in [0.5, 0.6) is 23.0 Å². The second-order valence-corrected chi connectivity index (χ2v) is 13.0. The fraction of sp³-hybridized carbons (Fsp3) is 0.606. The molecular weight excluding hydrogens is 700 g/mol. The molecule has 0 amide bonds. The van der Waals surface area contributed by atoms with Crippen LogP contribution in [0.15, 0.2) is 36.4 Å². The second-order valence-electron chi connectivity index (χ2n) is 13.0. The lowest BCUT2D eigenvalue weighted by Gasteiger charge is -2.45. The molecule has 4 heterocycles. The maximum absolute atomic E-state index is 13.2. The van der Waals surface area contributed by atoms with Crippen molar-refractivity contribution in [3.8, 4) is 23.0 Å². The average Bonchev–Trinajstić information content (AvgIpc) is 3.12. The standard InChI is InChI=1S/C33H42O19/c1-11-22(38)25(41)28(44)31(46-11)52-30-27(43)24(40)20(10-35)51-33(30)48-14-6-15(36)21-16(37)8-17(49-18(21)7-14)12-2-4-13(5-3-12)47-32-29(45)26(42)23(39)19(9-34)50-32/h2-7,11,17,19-20,22-36,38-45H,8-10H2,1H3. The van der Waals surface area contributed by atoms with Crippen molar-refractivity contribution < 1.29 is 94.1 Å². The van der Waals surface area contributed by atoms with Crippen LogP contribution in [0.2, 0.25) is 0 Å². The summed E-state index contributed by atoms with van der Waals surface area (Å²) >= 11 is 0. The Bertz CT molecular complexity index is 1540. The molecule has 19 nitrogen and oxygen atoms in total. The third-order valence-corrected chi connectivity index (χ3v) is 9.50. The summed E-state index contributed by atoms with van der Waals surface area (Å²) in [5, 5.41) is 113. The van der Waals surface area contributed by atoms with Gasteiger partial charge in [0.25, 0.3) is 0 Å². The summed E-state index contributed by atoms with van der Waals surface area (Å²) in [6.45, 7) is 0.0222. The highest BCUT2D eigenvalue weighted by Gasteiger charge is 2.51. The van der Waals surface area contributed by atoms with E-state index in [0.717, 1.165) is 6.07 Å². The Labute approximate surface area is 295 Å². The largest absolute Gasteiger partial charge is 0.507 e. The number of ketones is 1. The van der Waals surface area contributed by atoms with Gasteiger partial charge in [-0.2, -0.15) is 0 Å². The van der Waals surface area contributed by atoms with Gasteiger partial charge in [0.2, 0.25) is 12.6 Å². The number of carbonyl (C=O) groups excluding carboxylic acids is 1. The number of aromatic hydroxyl groups is 1. The summed E-state index contributed by atoms with van der Waals surface area (Å²) in [6.07, 6.45) is -24.2. The fourth-order valence-electron chi connectivity index (χ4n) is 6.44. The normalized spacial score (nSPS) is 40.8. The summed E-state index contributed by atoms with van der Waals surface area (Å²) in [4.78, 5) is 13.2. The number of hydrogen-bond donors (Lipinski definition) is 11. The number of aliphatic hydroxyl groups excluding tert-OH is 10. The van der Waals surface area contributed by atoms with Gasteiger partial charge in [0.15, 0.2) is 18.2 Å². The first-order valence-electron chi connectivity index (χ1n) is 16.5. The Kier molecular flexibility index (Phi) is 11.6. The Morgan fingerprint density at radius 1 is 0.673 bits per heavy atom. The van der Waals surface area contributed by atoms with Crippen molar-refractivity contribution in [2.75, 3.05) is 13.2 Å². The zero-order chi connectivity index (χ0) is 37.6. The Morgan fingerprint density at radius 2 is 1.25 bits per heavy atom. The lowest BCUT2D eigenvalue weighted by atomic mass is 9.95. The molecule has 288 valence electrons. The van der Waals surface area contributed by atoms with Crippen molar-refractivity contribution in [2.45, 2.75) is 112 Å². The number of benzene rings is 2. The van der Waals surface area contributed by atoms with Crippen molar-refractivity contribution in [3.63, 3.8) is 0 Å². The van der Waals surface area contributed by atoms with Crippen LogP contribution in [0.25, 0.3) is 0 Å². The van der Waals surface area contributed by atoms with E-state index >= 15 is 0 Å². The summed E-state index contributed by atoms with van der Waals surface area (Å²) in [6, 6.07) is 8.40. The quantitative estimate of drug-likeness (QED) is 0.118. The molecule has 3 saturated heterocycles. The van der Waals surface area contributed by atoms with Gasteiger partial charge in [0, 0.05) is 12.1 Å². The van der Waals surface area contributed by atoms with Gasteiger partial charge in [-0.1, -0.05) is 12.1 Å². The van der Waals surface area contributed by atoms with E-state index in [-0.39, 0.29) is 29.2 Å². The Morgan fingerprint density at radius 3 is 1.90 bits per heavy atom. The minimum atomic E-state index is -1.80. The van der Waals surface area contributed by atoms with Gasteiger partial charge in [0.05, 0.1) is 25.7 Å².